The number of amides is 3. The fourth-order valence-electron chi connectivity index (χ4n) is 2.73. The molecule has 0 unspecified atom stereocenters. The predicted octanol–water partition coefficient (Wildman–Crippen LogP) is 1.77. The minimum atomic E-state index is -0.153. The van der Waals surface area contributed by atoms with E-state index in [0.29, 0.717) is 24.6 Å². The Bertz CT molecular complexity index is 583. The van der Waals surface area contributed by atoms with Gasteiger partial charge in [-0.15, -0.1) is 0 Å². The number of piperidine rings is 1. The standard InChI is InChI=1S/C18H27N3O4/c1-13(2)19-18(23)20-14-8-10-21(11-9-14)17(22)12-25-16-7-5-4-6-15(16)24-3/h4-7,13-14H,8-12H2,1-3H3,(H2,19,20,23). The predicted molar refractivity (Wildman–Crippen MR) is 94.9 cm³/mol. The Morgan fingerprint density at radius 2 is 1.84 bits per heavy atom. The second kappa shape index (κ2) is 9.15. The average Bonchev–Trinajstić information content (AvgIpc) is 2.59. The molecule has 0 spiro atoms. The summed E-state index contributed by atoms with van der Waals surface area (Å²) >= 11 is 0. The summed E-state index contributed by atoms with van der Waals surface area (Å²) in [5.74, 6) is 1.10. The van der Waals surface area contributed by atoms with Gasteiger partial charge < -0.3 is 25.0 Å². The van der Waals surface area contributed by atoms with Crippen LogP contribution < -0.4 is 20.1 Å². The van der Waals surface area contributed by atoms with E-state index >= 15 is 0 Å². The first-order chi connectivity index (χ1) is 12.0. The van der Waals surface area contributed by atoms with Crippen molar-refractivity contribution in [2.24, 2.45) is 0 Å². The van der Waals surface area contributed by atoms with Crippen molar-refractivity contribution in [1.82, 2.24) is 15.5 Å². The van der Waals surface area contributed by atoms with E-state index in [1.165, 1.54) is 0 Å². The monoisotopic (exact) mass is 349 g/mol. The molecule has 1 heterocycles. The molecule has 1 aromatic carbocycles. The fraction of sp³-hybridized carbons (Fsp3) is 0.556. The summed E-state index contributed by atoms with van der Waals surface area (Å²) in [4.78, 5) is 25.8. The highest BCUT2D eigenvalue weighted by Gasteiger charge is 2.24. The molecule has 0 atom stereocenters. The topological polar surface area (TPSA) is 79.9 Å². The Balaban J connectivity index is 1.75. The Kier molecular flexibility index (Phi) is 6.91. The van der Waals surface area contributed by atoms with Gasteiger partial charge in [-0.2, -0.15) is 0 Å². The number of ether oxygens (including phenoxy) is 2. The average molecular weight is 349 g/mol. The molecule has 3 amide bonds. The number of rotatable bonds is 6. The van der Waals surface area contributed by atoms with Crippen molar-refractivity contribution >= 4 is 11.9 Å². The molecule has 0 bridgehead atoms. The normalized spacial score (nSPS) is 15.0. The summed E-state index contributed by atoms with van der Waals surface area (Å²) < 4.78 is 10.8. The molecule has 25 heavy (non-hydrogen) atoms. The van der Waals surface area contributed by atoms with Gasteiger partial charge in [-0.05, 0) is 38.8 Å². The lowest BCUT2D eigenvalue weighted by molar-refractivity contribution is -0.134. The molecule has 1 saturated heterocycles. The van der Waals surface area contributed by atoms with Crippen LogP contribution in [-0.2, 0) is 4.79 Å². The Morgan fingerprint density at radius 3 is 2.44 bits per heavy atom. The molecule has 0 aromatic heterocycles. The SMILES string of the molecule is COc1ccccc1OCC(=O)N1CCC(NC(=O)NC(C)C)CC1. The van der Waals surface area contributed by atoms with Gasteiger partial charge in [0.1, 0.15) is 0 Å². The summed E-state index contributed by atoms with van der Waals surface area (Å²) in [7, 11) is 1.57. The number of carbonyl (C=O) groups excluding carboxylic acids is 2. The Hall–Kier alpha value is -2.44. The van der Waals surface area contributed by atoms with Gasteiger partial charge in [0.15, 0.2) is 18.1 Å². The van der Waals surface area contributed by atoms with Gasteiger partial charge in [-0.25, -0.2) is 4.79 Å². The number of nitrogens with one attached hydrogen (secondary N) is 2. The zero-order valence-electron chi connectivity index (χ0n) is 15.1. The van der Waals surface area contributed by atoms with Gasteiger partial charge in [-0.1, -0.05) is 12.1 Å². The van der Waals surface area contributed by atoms with E-state index in [4.69, 9.17) is 9.47 Å². The third-order valence-corrected chi connectivity index (χ3v) is 4.02. The van der Waals surface area contributed by atoms with E-state index in [1.54, 1.807) is 24.1 Å². The number of nitrogens with zero attached hydrogens (tertiary/aromatic N) is 1. The number of likely N-dealkylation sites (tertiary alicyclic amines) is 1. The van der Waals surface area contributed by atoms with Gasteiger partial charge in [0.05, 0.1) is 7.11 Å². The molecule has 1 aliphatic heterocycles. The van der Waals surface area contributed by atoms with Crippen LogP contribution in [0.2, 0.25) is 0 Å². The fourth-order valence-corrected chi connectivity index (χ4v) is 2.73. The summed E-state index contributed by atoms with van der Waals surface area (Å²) in [6.07, 6.45) is 1.48. The maximum atomic E-state index is 12.3. The molecule has 7 nitrogen and oxygen atoms in total. The summed E-state index contributed by atoms with van der Waals surface area (Å²) in [6.45, 7) is 5.04. The van der Waals surface area contributed by atoms with E-state index in [1.807, 2.05) is 26.0 Å². The molecular formula is C18H27N3O4. The van der Waals surface area contributed by atoms with E-state index in [9.17, 15) is 9.59 Å². The zero-order valence-corrected chi connectivity index (χ0v) is 15.1. The molecule has 1 aromatic rings. The highest BCUT2D eigenvalue weighted by Crippen LogP contribution is 2.25. The number of benzene rings is 1. The first-order valence-corrected chi connectivity index (χ1v) is 8.60. The van der Waals surface area contributed by atoms with Crippen molar-refractivity contribution < 1.29 is 19.1 Å². The minimum Gasteiger partial charge on any atom is -0.493 e. The van der Waals surface area contributed by atoms with Crippen molar-refractivity contribution in [3.8, 4) is 11.5 Å². The molecule has 0 radical (unpaired) electrons. The van der Waals surface area contributed by atoms with E-state index < -0.39 is 0 Å². The summed E-state index contributed by atoms with van der Waals surface area (Å²) in [5, 5.41) is 5.76. The van der Waals surface area contributed by atoms with Crippen molar-refractivity contribution in [2.45, 2.75) is 38.8 Å². The Labute approximate surface area is 148 Å². The molecule has 2 rings (SSSR count). The van der Waals surface area contributed by atoms with Crippen LogP contribution >= 0.6 is 0 Å². The first-order valence-electron chi connectivity index (χ1n) is 8.60. The zero-order chi connectivity index (χ0) is 18.2. The number of para-hydroxylation sites is 2. The largest absolute Gasteiger partial charge is 0.493 e. The van der Waals surface area contributed by atoms with Crippen LogP contribution in [-0.4, -0.2) is 55.7 Å². The summed E-state index contributed by atoms with van der Waals surface area (Å²) in [6, 6.07) is 7.29. The van der Waals surface area contributed by atoms with Crippen LogP contribution in [0.15, 0.2) is 24.3 Å². The van der Waals surface area contributed by atoms with E-state index in [-0.39, 0.29) is 30.6 Å². The van der Waals surface area contributed by atoms with Crippen molar-refractivity contribution in [2.75, 3.05) is 26.8 Å². The lowest BCUT2D eigenvalue weighted by Gasteiger charge is -2.32. The second-order valence-corrected chi connectivity index (χ2v) is 6.37. The number of hydrogen-bond donors (Lipinski definition) is 2. The highest BCUT2D eigenvalue weighted by atomic mass is 16.5. The van der Waals surface area contributed by atoms with Crippen LogP contribution in [0.25, 0.3) is 0 Å². The van der Waals surface area contributed by atoms with Crippen molar-refractivity contribution in [1.29, 1.82) is 0 Å². The minimum absolute atomic E-state index is 0.0215. The second-order valence-electron chi connectivity index (χ2n) is 6.37. The molecular weight excluding hydrogens is 322 g/mol. The number of urea groups is 1. The lowest BCUT2D eigenvalue weighted by Crippen LogP contribution is -2.50. The van der Waals surface area contributed by atoms with Crippen LogP contribution in [0, 0.1) is 0 Å². The van der Waals surface area contributed by atoms with Crippen molar-refractivity contribution in [3.63, 3.8) is 0 Å². The van der Waals surface area contributed by atoms with Gasteiger partial charge >= 0.3 is 6.03 Å². The maximum Gasteiger partial charge on any atom is 0.315 e. The van der Waals surface area contributed by atoms with Crippen LogP contribution in [0.3, 0.4) is 0 Å². The molecule has 7 heteroatoms. The smallest absolute Gasteiger partial charge is 0.315 e. The van der Waals surface area contributed by atoms with Gasteiger partial charge in [0.25, 0.3) is 5.91 Å². The maximum absolute atomic E-state index is 12.3. The number of methoxy groups -OCH3 is 1. The molecule has 0 saturated carbocycles. The lowest BCUT2D eigenvalue weighted by atomic mass is 10.1. The van der Waals surface area contributed by atoms with E-state index in [2.05, 4.69) is 10.6 Å². The Morgan fingerprint density at radius 1 is 1.20 bits per heavy atom. The number of hydrogen-bond acceptors (Lipinski definition) is 4. The quantitative estimate of drug-likeness (QED) is 0.820. The molecule has 1 fully saturated rings. The molecule has 138 valence electrons. The van der Waals surface area contributed by atoms with Crippen LogP contribution in [0.1, 0.15) is 26.7 Å². The third-order valence-electron chi connectivity index (χ3n) is 4.02. The molecule has 0 aliphatic carbocycles. The van der Waals surface area contributed by atoms with Gasteiger partial charge in [0.2, 0.25) is 0 Å². The van der Waals surface area contributed by atoms with Gasteiger partial charge in [-0.3, -0.25) is 4.79 Å². The van der Waals surface area contributed by atoms with Gasteiger partial charge in [0, 0.05) is 25.2 Å². The van der Waals surface area contributed by atoms with Crippen LogP contribution in [0.5, 0.6) is 11.5 Å². The summed E-state index contributed by atoms with van der Waals surface area (Å²) in [5.41, 5.74) is 0. The van der Waals surface area contributed by atoms with Crippen LogP contribution in [0.4, 0.5) is 4.79 Å². The first kappa shape index (κ1) is 18.9. The number of carbonyl (C=O) groups is 2. The molecule has 1 aliphatic rings. The van der Waals surface area contributed by atoms with Crippen molar-refractivity contribution in [3.05, 3.63) is 24.3 Å². The molecule has 2 N–H and O–H groups in total. The van der Waals surface area contributed by atoms with E-state index in [0.717, 1.165) is 12.8 Å². The third kappa shape index (κ3) is 5.85. The highest BCUT2D eigenvalue weighted by molar-refractivity contribution is 5.78.